The summed E-state index contributed by atoms with van der Waals surface area (Å²) < 4.78 is 15.2. The van der Waals surface area contributed by atoms with Crippen LogP contribution in [0, 0.1) is 0 Å². The largest absolute Gasteiger partial charge is 0.435 e. The Hall–Kier alpha value is -1.71. The first-order valence-electron chi connectivity index (χ1n) is 6.57. The SMILES string of the molecule is C=COC(C)=O.CCCCC(=O)c1ccccc1[PH](=O)O. The van der Waals surface area contributed by atoms with E-state index in [1.54, 1.807) is 24.3 Å². The standard InChI is InChI=1S/C11H15O3P.C4H6O2/c1-2-3-7-10(12)9-6-4-5-8-11(9)15(13)14;1-3-6-4(2)5/h4-6,8,15H,2-3,7H2,1H3,(H,13,14);3H,1H2,2H3. The molecule has 1 N–H and O–H groups in total. The van der Waals surface area contributed by atoms with E-state index >= 15 is 0 Å². The molecule has 0 aromatic heterocycles. The van der Waals surface area contributed by atoms with Crippen molar-refractivity contribution in [2.45, 2.75) is 33.1 Å². The Balaban J connectivity index is 0.000000567. The molecule has 0 heterocycles. The smallest absolute Gasteiger partial charge is 0.307 e. The number of carbonyl (C=O) groups excluding carboxylic acids is 2. The average Bonchev–Trinajstić information content (AvgIpc) is 2.45. The number of hydrogen-bond donors (Lipinski definition) is 1. The molecule has 1 rings (SSSR count). The molecule has 1 aromatic rings. The fraction of sp³-hybridized carbons (Fsp3) is 0.333. The second-order valence-corrected chi connectivity index (χ2v) is 5.30. The second kappa shape index (κ2) is 11.0. The first kappa shape index (κ1) is 19.3. The molecule has 5 nitrogen and oxygen atoms in total. The predicted octanol–water partition coefficient (Wildman–Crippen LogP) is 2.84. The van der Waals surface area contributed by atoms with Gasteiger partial charge in [-0.1, -0.05) is 38.1 Å². The van der Waals surface area contributed by atoms with Gasteiger partial charge in [-0.2, -0.15) is 0 Å². The third-order valence-corrected chi connectivity index (χ3v) is 3.36. The zero-order chi connectivity index (χ0) is 16.3. The maximum Gasteiger partial charge on any atom is 0.307 e. The summed E-state index contributed by atoms with van der Waals surface area (Å²) >= 11 is 0. The highest BCUT2D eigenvalue weighted by molar-refractivity contribution is 7.47. The molecular formula is C15H21O5P. The highest BCUT2D eigenvalue weighted by Crippen LogP contribution is 2.17. The molecule has 0 radical (unpaired) electrons. The van der Waals surface area contributed by atoms with E-state index in [-0.39, 0.29) is 17.1 Å². The topological polar surface area (TPSA) is 80.7 Å². The van der Waals surface area contributed by atoms with Crippen molar-refractivity contribution in [1.82, 2.24) is 0 Å². The van der Waals surface area contributed by atoms with Crippen LogP contribution in [0.2, 0.25) is 0 Å². The third kappa shape index (κ3) is 8.23. The lowest BCUT2D eigenvalue weighted by Gasteiger charge is -2.04. The molecule has 0 saturated heterocycles. The molecule has 1 aromatic carbocycles. The molecule has 0 bridgehead atoms. The number of Topliss-reactive ketones (excluding diaryl/α,β-unsaturated/α-hetero) is 1. The van der Waals surface area contributed by atoms with Gasteiger partial charge in [-0.3, -0.25) is 14.2 Å². The van der Waals surface area contributed by atoms with Crippen LogP contribution in [-0.2, 0) is 14.1 Å². The number of benzene rings is 1. The van der Waals surface area contributed by atoms with Crippen LogP contribution in [-0.4, -0.2) is 16.6 Å². The zero-order valence-corrected chi connectivity index (χ0v) is 13.3. The van der Waals surface area contributed by atoms with Crippen molar-refractivity contribution in [2.24, 2.45) is 0 Å². The summed E-state index contributed by atoms with van der Waals surface area (Å²) in [6.07, 6.45) is 3.31. The Labute approximate surface area is 125 Å². The van der Waals surface area contributed by atoms with Crippen molar-refractivity contribution in [3.05, 3.63) is 42.7 Å². The number of hydrogen-bond acceptors (Lipinski definition) is 4. The van der Waals surface area contributed by atoms with Gasteiger partial charge in [0.1, 0.15) is 0 Å². The van der Waals surface area contributed by atoms with Crippen LogP contribution < -0.4 is 5.30 Å². The lowest BCUT2D eigenvalue weighted by molar-refractivity contribution is -0.135. The van der Waals surface area contributed by atoms with Crippen molar-refractivity contribution < 1.29 is 23.8 Å². The summed E-state index contributed by atoms with van der Waals surface area (Å²) in [7, 11) is -2.78. The summed E-state index contributed by atoms with van der Waals surface area (Å²) in [5, 5.41) is 0.281. The molecular weight excluding hydrogens is 291 g/mol. The molecule has 116 valence electrons. The molecule has 1 unspecified atom stereocenters. The van der Waals surface area contributed by atoms with Crippen LogP contribution >= 0.6 is 8.03 Å². The van der Waals surface area contributed by atoms with E-state index < -0.39 is 8.03 Å². The number of carbonyl (C=O) groups is 2. The van der Waals surface area contributed by atoms with Crippen LogP contribution in [0.4, 0.5) is 0 Å². The summed E-state index contributed by atoms with van der Waals surface area (Å²) in [6, 6.07) is 6.55. The highest BCUT2D eigenvalue weighted by Gasteiger charge is 2.12. The van der Waals surface area contributed by atoms with Gasteiger partial charge < -0.3 is 9.63 Å². The fourth-order valence-corrected chi connectivity index (χ4v) is 2.19. The Kier molecular flexibility index (Phi) is 10.1. The van der Waals surface area contributed by atoms with Gasteiger partial charge in [-0.15, -0.1) is 0 Å². The van der Waals surface area contributed by atoms with Gasteiger partial charge in [0.15, 0.2) is 5.78 Å². The molecule has 0 saturated carbocycles. The minimum absolute atomic E-state index is 0.0418. The predicted molar refractivity (Wildman–Crippen MR) is 83.1 cm³/mol. The lowest BCUT2D eigenvalue weighted by atomic mass is 10.1. The Morgan fingerprint density at radius 3 is 2.43 bits per heavy atom. The zero-order valence-electron chi connectivity index (χ0n) is 12.3. The number of ketones is 1. The maximum absolute atomic E-state index is 11.7. The van der Waals surface area contributed by atoms with Crippen LogP contribution in [0.3, 0.4) is 0 Å². The lowest BCUT2D eigenvalue weighted by Crippen LogP contribution is -2.11. The minimum atomic E-state index is -2.78. The summed E-state index contributed by atoms with van der Waals surface area (Å²) in [5.74, 6) is -0.371. The van der Waals surface area contributed by atoms with Crippen LogP contribution in [0.25, 0.3) is 0 Å². The Morgan fingerprint density at radius 2 is 2.00 bits per heavy atom. The van der Waals surface area contributed by atoms with Gasteiger partial charge in [0.25, 0.3) is 0 Å². The van der Waals surface area contributed by atoms with Gasteiger partial charge in [0.2, 0.25) is 8.03 Å². The second-order valence-electron chi connectivity index (χ2n) is 4.15. The normalized spacial score (nSPS) is 10.8. The molecule has 1 atom stereocenters. The summed E-state index contributed by atoms with van der Waals surface area (Å²) in [5.41, 5.74) is 0.400. The molecule has 0 fully saturated rings. The minimum Gasteiger partial charge on any atom is -0.435 e. The van der Waals surface area contributed by atoms with Crippen molar-refractivity contribution in [3.63, 3.8) is 0 Å². The molecule has 0 spiro atoms. The van der Waals surface area contributed by atoms with E-state index in [4.69, 9.17) is 4.89 Å². The maximum atomic E-state index is 11.7. The van der Waals surface area contributed by atoms with Gasteiger partial charge >= 0.3 is 5.97 Å². The van der Waals surface area contributed by atoms with E-state index in [2.05, 4.69) is 11.3 Å². The van der Waals surface area contributed by atoms with Gasteiger partial charge in [0.05, 0.1) is 6.26 Å². The van der Waals surface area contributed by atoms with Crippen molar-refractivity contribution in [2.75, 3.05) is 0 Å². The first-order chi connectivity index (χ1) is 9.93. The highest BCUT2D eigenvalue weighted by atomic mass is 31.1. The molecule has 0 aliphatic rings. The van der Waals surface area contributed by atoms with Gasteiger partial charge in [-0.25, -0.2) is 0 Å². The van der Waals surface area contributed by atoms with E-state index in [0.717, 1.165) is 19.1 Å². The fourth-order valence-electron chi connectivity index (χ4n) is 1.50. The van der Waals surface area contributed by atoms with Crippen molar-refractivity contribution in [3.8, 4) is 0 Å². The number of rotatable bonds is 6. The quantitative estimate of drug-likeness (QED) is 0.378. The number of ether oxygens (including phenoxy) is 1. The van der Waals surface area contributed by atoms with Crippen LogP contribution in [0.1, 0.15) is 43.5 Å². The van der Waals surface area contributed by atoms with Crippen LogP contribution in [0.15, 0.2) is 37.1 Å². The molecule has 0 amide bonds. The number of esters is 1. The van der Waals surface area contributed by atoms with E-state index in [1.807, 2.05) is 6.92 Å². The average molecular weight is 312 g/mol. The molecule has 6 heteroatoms. The third-order valence-electron chi connectivity index (χ3n) is 2.46. The Morgan fingerprint density at radius 1 is 1.38 bits per heavy atom. The van der Waals surface area contributed by atoms with Gasteiger partial charge in [-0.05, 0) is 12.5 Å². The monoisotopic (exact) mass is 312 g/mol. The van der Waals surface area contributed by atoms with Gasteiger partial charge in [0, 0.05) is 24.2 Å². The van der Waals surface area contributed by atoms with Crippen molar-refractivity contribution in [1.29, 1.82) is 0 Å². The number of unbranched alkanes of at least 4 members (excludes halogenated alkanes) is 1. The Bertz CT molecular complexity index is 511. The van der Waals surface area contributed by atoms with E-state index in [0.29, 0.717) is 12.0 Å². The summed E-state index contributed by atoms with van der Waals surface area (Å²) in [6.45, 7) is 6.49. The van der Waals surface area contributed by atoms with Crippen LogP contribution in [0.5, 0.6) is 0 Å². The summed E-state index contributed by atoms with van der Waals surface area (Å²) in [4.78, 5) is 30.5. The van der Waals surface area contributed by atoms with E-state index in [1.165, 1.54) is 6.92 Å². The molecule has 0 aliphatic heterocycles. The molecule has 21 heavy (non-hydrogen) atoms. The van der Waals surface area contributed by atoms with E-state index in [9.17, 15) is 14.2 Å². The first-order valence-corrected chi connectivity index (χ1v) is 7.93. The molecule has 0 aliphatic carbocycles. The van der Waals surface area contributed by atoms with Crippen molar-refractivity contribution >= 4 is 25.1 Å².